The van der Waals surface area contributed by atoms with Gasteiger partial charge in [-0.3, -0.25) is 0 Å². The second-order valence-corrected chi connectivity index (χ2v) is 7.69. The van der Waals surface area contributed by atoms with Crippen LogP contribution in [0.1, 0.15) is 36.2 Å². The number of H-pyrrole nitrogens is 1. The smallest absolute Gasteiger partial charge is 0.416 e. The number of rotatable bonds is 8. The van der Waals surface area contributed by atoms with Crippen LogP contribution < -0.4 is 5.32 Å². The van der Waals surface area contributed by atoms with Crippen molar-refractivity contribution < 1.29 is 22.7 Å². The van der Waals surface area contributed by atoms with Crippen molar-refractivity contribution >= 4 is 11.7 Å². The summed E-state index contributed by atoms with van der Waals surface area (Å²) < 4.78 is 43.8. The molecular weight excluding hydrogens is 405 g/mol. The highest BCUT2D eigenvalue weighted by Gasteiger charge is 2.30. The van der Waals surface area contributed by atoms with Crippen molar-refractivity contribution in [3.63, 3.8) is 0 Å². The van der Waals surface area contributed by atoms with Crippen LogP contribution in [-0.2, 0) is 28.7 Å². The average molecular weight is 430 g/mol. The fraction of sp³-hybridized carbons (Fsp3) is 0.292. The van der Waals surface area contributed by atoms with Gasteiger partial charge >= 0.3 is 12.1 Å². The Bertz CT molecular complexity index is 980. The number of carbonyl (C=O) groups excluding carboxylic acids is 1. The minimum atomic E-state index is -4.40. The van der Waals surface area contributed by atoms with E-state index in [-0.39, 0.29) is 12.5 Å². The molecule has 3 rings (SSSR count). The lowest BCUT2D eigenvalue weighted by Crippen LogP contribution is -2.36. The van der Waals surface area contributed by atoms with E-state index in [0.29, 0.717) is 12.1 Å². The van der Waals surface area contributed by atoms with Gasteiger partial charge in [-0.15, -0.1) is 0 Å². The maximum Gasteiger partial charge on any atom is 0.416 e. The van der Waals surface area contributed by atoms with Crippen molar-refractivity contribution in [2.45, 2.75) is 39.1 Å². The van der Waals surface area contributed by atoms with Crippen LogP contribution in [0.25, 0.3) is 0 Å². The molecule has 164 valence electrons. The average Bonchev–Trinajstić information content (AvgIpc) is 3.17. The molecule has 4 nitrogen and oxygen atoms in total. The predicted molar refractivity (Wildman–Crippen MR) is 114 cm³/mol. The lowest BCUT2D eigenvalue weighted by Gasteiger charge is -2.22. The van der Waals surface area contributed by atoms with Crippen LogP contribution in [0.3, 0.4) is 0 Å². The number of hydrogen-bond donors (Lipinski definition) is 2. The first-order valence-electron chi connectivity index (χ1n) is 10.0. The van der Waals surface area contributed by atoms with Gasteiger partial charge in [-0.2, -0.15) is 13.2 Å². The first-order chi connectivity index (χ1) is 14.7. The zero-order valence-electron chi connectivity index (χ0n) is 17.4. The van der Waals surface area contributed by atoms with Gasteiger partial charge in [0.1, 0.15) is 12.6 Å². The number of aromatic amines is 1. The number of aromatic nitrogens is 1. The number of nitrogens with one attached hydrogen (secondary N) is 2. The lowest BCUT2D eigenvalue weighted by atomic mass is 10.0. The van der Waals surface area contributed by atoms with Crippen molar-refractivity contribution in [3.8, 4) is 0 Å². The zero-order chi connectivity index (χ0) is 22.4. The molecule has 0 aliphatic rings. The summed E-state index contributed by atoms with van der Waals surface area (Å²) in [6, 6.07) is 15.8. The largest absolute Gasteiger partial charge is 0.458 e. The minimum Gasteiger partial charge on any atom is -0.458 e. The first kappa shape index (κ1) is 22.5. The van der Waals surface area contributed by atoms with E-state index in [0.717, 1.165) is 29.0 Å². The van der Waals surface area contributed by atoms with Gasteiger partial charge in [-0.05, 0) is 53.8 Å². The summed E-state index contributed by atoms with van der Waals surface area (Å²) in [6.07, 6.45) is -1.88. The molecular formula is C24H25F3N2O2. The number of alkyl halides is 3. The molecule has 0 radical (unpaired) electrons. The molecule has 2 aromatic carbocycles. The summed E-state index contributed by atoms with van der Waals surface area (Å²) in [5.41, 5.74) is 2.69. The van der Waals surface area contributed by atoms with Gasteiger partial charge < -0.3 is 15.0 Å². The van der Waals surface area contributed by atoms with Crippen LogP contribution in [0.5, 0.6) is 0 Å². The molecule has 1 aromatic heterocycles. The van der Waals surface area contributed by atoms with Gasteiger partial charge in [0.05, 0.1) is 11.3 Å². The molecule has 0 spiro atoms. The van der Waals surface area contributed by atoms with Crippen LogP contribution in [0, 0.1) is 5.92 Å². The second-order valence-electron chi connectivity index (χ2n) is 7.69. The molecule has 3 aromatic rings. The molecule has 0 aliphatic carbocycles. The van der Waals surface area contributed by atoms with Gasteiger partial charge in [0.25, 0.3) is 0 Å². The monoisotopic (exact) mass is 430 g/mol. The van der Waals surface area contributed by atoms with Gasteiger partial charge in [0, 0.05) is 11.9 Å². The molecule has 7 heteroatoms. The Morgan fingerprint density at radius 1 is 1.03 bits per heavy atom. The number of benzene rings is 2. The van der Waals surface area contributed by atoms with E-state index in [9.17, 15) is 18.0 Å². The van der Waals surface area contributed by atoms with Crippen LogP contribution in [0.15, 0.2) is 66.9 Å². The molecule has 1 atom stereocenters. The Labute approximate surface area is 179 Å². The number of ether oxygens (including phenoxy) is 1. The van der Waals surface area contributed by atoms with E-state index in [1.54, 1.807) is 0 Å². The molecule has 0 fully saturated rings. The Kier molecular flexibility index (Phi) is 7.05. The Morgan fingerprint density at radius 2 is 1.71 bits per heavy atom. The molecule has 0 saturated heterocycles. The van der Waals surface area contributed by atoms with Crippen LogP contribution in [0.2, 0.25) is 0 Å². The third-order valence-corrected chi connectivity index (χ3v) is 4.98. The van der Waals surface area contributed by atoms with Gasteiger partial charge in [0.2, 0.25) is 0 Å². The number of esters is 1. The fourth-order valence-corrected chi connectivity index (χ4v) is 3.22. The summed E-state index contributed by atoms with van der Waals surface area (Å²) in [5.74, 6) is -0.586. The number of anilines is 1. The van der Waals surface area contributed by atoms with Crippen molar-refractivity contribution in [1.29, 1.82) is 0 Å². The second kappa shape index (κ2) is 9.73. The Hall–Kier alpha value is -3.22. The highest BCUT2D eigenvalue weighted by atomic mass is 19.4. The predicted octanol–water partition coefficient (Wildman–Crippen LogP) is 5.80. The highest BCUT2D eigenvalue weighted by molar-refractivity contribution is 5.79. The molecule has 31 heavy (non-hydrogen) atoms. The standard InChI is InChI=1S/C24H25F3N2O2/c1-16(2)22(29-20-10-8-19(9-11-20)24(25,26)27)23(30)31-15-21-18(12-13-28-21)14-17-6-4-3-5-7-17/h3-13,16,22,28-29H,14-15H2,1-2H3. The van der Waals surface area contributed by atoms with Crippen LogP contribution >= 0.6 is 0 Å². The zero-order valence-corrected chi connectivity index (χ0v) is 17.4. The van der Waals surface area contributed by atoms with Crippen molar-refractivity contribution in [3.05, 3.63) is 89.2 Å². The van der Waals surface area contributed by atoms with Crippen molar-refractivity contribution in [2.24, 2.45) is 5.92 Å². The van der Waals surface area contributed by atoms with Gasteiger partial charge in [-0.25, -0.2) is 4.79 Å². The Balaban J connectivity index is 1.62. The summed E-state index contributed by atoms with van der Waals surface area (Å²) in [4.78, 5) is 15.8. The van der Waals surface area contributed by atoms with E-state index in [2.05, 4.69) is 10.3 Å². The number of halogens is 3. The molecule has 0 aliphatic heterocycles. The third kappa shape index (κ3) is 6.13. The summed E-state index contributed by atoms with van der Waals surface area (Å²) in [6.45, 7) is 3.78. The SMILES string of the molecule is CC(C)C(Nc1ccc(C(F)(F)F)cc1)C(=O)OCc1[nH]ccc1Cc1ccccc1. The third-order valence-electron chi connectivity index (χ3n) is 4.98. The van der Waals surface area contributed by atoms with Crippen LogP contribution in [-0.4, -0.2) is 17.0 Å². The molecule has 1 unspecified atom stereocenters. The van der Waals surface area contributed by atoms with E-state index < -0.39 is 23.8 Å². The normalized spacial score (nSPS) is 12.6. The van der Waals surface area contributed by atoms with E-state index in [4.69, 9.17) is 4.74 Å². The van der Waals surface area contributed by atoms with E-state index in [1.807, 2.05) is 56.4 Å². The van der Waals surface area contributed by atoms with E-state index >= 15 is 0 Å². The van der Waals surface area contributed by atoms with Crippen LogP contribution in [0.4, 0.5) is 18.9 Å². The van der Waals surface area contributed by atoms with Gasteiger partial charge in [0.15, 0.2) is 0 Å². The van der Waals surface area contributed by atoms with Crippen molar-refractivity contribution in [1.82, 2.24) is 4.98 Å². The Morgan fingerprint density at radius 3 is 2.32 bits per heavy atom. The molecule has 0 amide bonds. The molecule has 0 bridgehead atoms. The molecule has 0 saturated carbocycles. The minimum absolute atomic E-state index is 0.0892. The maximum atomic E-state index is 12.7. The first-order valence-corrected chi connectivity index (χ1v) is 10.0. The van der Waals surface area contributed by atoms with Gasteiger partial charge in [-0.1, -0.05) is 44.2 Å². The maximum absolute atomic E-state index is 12.7. The van der Waals surface area contributed by atoms with Crippen molar-refractivity contribution in [2.75, 3.05) is 5.32 Å². The topological polar surface area (TPSA) is 54.1 Å². The van der Waals surface area contributed by atoms with E-state index in [1.165, 1.54) is 12.1 Å². The quantitative estimate of drug-likeness (QED) is 0.444. The highest BCUT2D eigenvalue weighted by Crippen LogP contribution is 2.30. The summed E-state index contributed by atoms with van der Waals surface area (Å²) >= 11 is 0. The molecule has 2 N–H and O–H groups in total. The lowest BCUT2D eigenvalue weighted by molar-refractivity contribution is -0.147. The summed E-state index contributed by atoms with van der Waals surface area (Å²) in [7, 11) is 0. The molecule has 1 heterocycles. The number of carbonyl (C=O) groups is 1. The number of hydrogen-bond acceptors (Lipinski definition) is 3. The fourth-order valence-electron chi connectivity index (χ4n) is 3.22. The summed E-state index contributed by atoms with van der Waals surface area (Å²) in [5, 5.41) is 2.99.